The fourth-order valence-electron chi connectivity index (χ4n) is 3.36. The van der Waals surface area contributed by atoms with Crippen LogP contribution < -0.4 is 5.32 Å². The first-order valence-electron chi connectivity index (χ1n) is 7.55. The molecule has 7 heteroatoms. The highest BCUT2D eigenvalue weighted by Crippen LogP contribution is 2.37. The molecule has 2 aliphatic rings. The van der Waals surface area contributed by atoms with Crippen LogP contribution in [0.4, 0.5) is 0 Å². The van der Waals surface area contributed by atoms with Crippen LogP contribution in [0.15, 0.2) is 4.52 Å². The summed E-state index contributed by atoms with van der Waals surface area (Å²) in [5, 5.41) is 6.71. The van der Waals surface area contributed by atoms with Crippen molar-refractivity contribution in [3.63, 3.8) is 0 Å². The largest absolute Gasteiger partial charge is 0.347 e. The first kappa shape index (κ1) is 14.8. The van der Waals surface area contributed by atoms with Crippen molar-refractivity contribution in [2.75, 3.05) is 19.3 Å². The number of nitrogens with zero attached hydrogens (tertiary/aromatic N) is 3. The molecule has 1 saturated heterocycles. The first-order valence-corrected chi connectivity index (χ1v) is 8.95. The molecule has 2 fully saturated rings. The Morgan fingerprint density at radius 2 is 2.43 bits per heavy atom. The minimum atomic E-state index is 0.0578. The first-order chi connectivity index (χ1) is 10.2. The highest BCUT2D eigenvalue weighted by molar-refractivity contribution is 7.97. The lowest BCUT2D eigenvalue weighted by molar-refractivity contribution is -0.121. The van der Waals surface area contributed by atoms with E-state index in [1.54, 1.807) is 11.8 Å². The van der Waals surface area contributed by atoms with Crippen molar-refractivity contribution < 1.29 is 9.32 Å². The summed E-state index contributed by atoms with van der Waals surface area (Å²) in [7, 11) is 0. The van der Waals surface area contributed by atoms with E-state index in [4.69, 9.17) is 4.52 Å². The normalized spacial score (nSPS) is 24.6. The number of amides is 1. The van der Waals surface area contributed by atoms with Crippen molar-refractivity contribution in [1.82, 2.24) is 20.4 Å². The number of fused-ring (bicyclic) bond motifs is 2. The summed E-state index contributed by atoms with van der Waals surface area (Å²) in [6.07, 6.45) is 6.56. The van der Waals surface area contributed by atoms with Crippen LogP contribution in [-0.2, 0) is 17.1 Å². The maximum Gasteiger partial charge on any atom is 0.246 e. The monoisotopic (exact) mass is 310 g/mol. The quantitative estimate of drug-likeness (QED) is 0.821. The van der Waals surface area contributed by atoms with Gasteiger partial charge in [-0.1, -0.05) is 5.16 Å². The van der Waals surface area contributed by atoms with Gasteiger partial charge in [0.05, 0.1) is 12.3 Å². The van der Waals surface area contributed by atoms with E-state index in [0.717, 1.165) is 24.3 Å². The van der Waals surface area contributed by atoms with Gasteiger partial charge in [0.15, 0.2) is 5.82 Å². The Kier molecular flexibility index (Phi) is 4.80. The van der Waals surface area contributed by atoms with Gasteiger partial charge in [0.2, 0.25) is 11.8 Å². The average Bonchev–Trinajstić information content (AvgIpc) is 3.19. The predicted octanol–water partition coefficient (Wildman–Crippen LogP) is 1.42. The van der Waals surface area contributed by atoms with E-state index in [-0.39, 0.29) is 5.91 Å². The Bertz CT molecular complexity index is 493. The Balaban J connectivity index is 1.36. The van der Waals surface area contributed by atoms with Crippen molar-refractivity contribution in [2.24, 2.45) is 5.92 Å². The van der Waals surface area contributed by atoms with Crippen LogP contribution in [0, 0.1) is 5.92 Å². The van der Waals surface area contributed by atoms with Crippen molar-refractivity contribution in [1.29, 1.82) is 0 Å². The lowest BCUT2D eigenvalue weighted by atomic mass is 10.1. The number of piperidine rings is 1. The zero-order valence-electron chi connectivity index (χ0n) is 12.4. The van der Waals surface area contributed by atoms with E-state index >= 15 is 0 Å². The van der Waals surface area contributed by atoms with Crippen molar-refractivity contribution in [3.8, 4) is 0 Å². The Hall–Kier alpha value is -1.08. The number of thioether (sulfide) groups is 1. The van der Waals surface area contributed by atoms with Gasteiger partial charge in [-0.15, -0.1) is 0 Å². The summed E-state index contributed by atoms with van der Waals surface area (Å²) < 4.78 is 5.09. The van der Waals surface area contributed by atoms with Gasteiger partial charge in [-0.3, -0.25) is 9.69 Å². The number of rotatable bonds is 7. The van der Waals surface area contributed by atoms with Gasteiger partial charge in [0.25, 0.3) is 0 Å². The molecule has 1 aromatic heterocycles. The number of aromatic nitrogens is 2. The van der Waals surface area contributed by atoms with Crippen molar-refractivity contribution in [3.05, 3.63) is 11.7 Å². The minimum absolute atomic E-state index is 0.0578. The SMILES string of the molecule is CSCc1noc(CNC(=O)CCN2C[C@H]3CC[C@@H]2C3)n1. The second kappa shape index (κ2) is 6.79. The molecule has 21 heavy (non-hydrogen) atoms. The van der Waals surface area contributed by atoms with Gasteiger partial charge in [0.1, 0.15) is 0 Å². The topological polar surface area (TPSA) is 71.3 Å². The zero-order valence-corrected chi connectivity index (χ0v) is 13.2. The van der Waals surface area contributed by atoms with E-state index in [1.807, 2.05) is 6.26 Å². The van der Waals surface area contributed by atoms with E-state index < -0.39 is 0 Å². The van der Waals surface area contributed by atoms with Crippen molar-refractivity contribution >= 4 is 17.7 Å². The lowest BCUT2D eigenvalue weighted by Crippen LogP contribution is -2.35. The summed E-state index contributed by atoms with van der Waals surface area (Å²) in [5.41, 5.74) is 0. The van der Waals surface area contributed by atoms with Crippen LogP contribution in [0.2, 0.25) is 0 Å². The number of nitrogens with one attached hydrogen (secondary N) is 1. The molecule has 1 saturated carbocycles. The molecule has 0 aromatic carbocycles. The number of hydrogen-bond donors (Lipinski definition) is 1. The van der Waals surface area contributed by atoms with Crippen LogP contribution in [0.25, 0.3) is 0 Å². The summed E-state index contributed by atoms with van der Waals surface area (Å²) >= 11 is 1.64. The van der Waals surface area contributed by atoms with Gasteiger partial charge in [-0.2, -0.15) is 16.7 Å². The summed E-state index contributed by atoms with van der Waals surface area (Å²) in [6.45, 7) is 2.38. The second-order valence-electron chi connectivity index (χ2n) is 5.89. The lowest BCUT2D eigenvalue weighted by Gasteiger charge is -2.26. The Morgan fingerprint density at radius 3 is 3.14 bits per heavy atom. The van der Waals surface area contributed by atoms with E-state index in [1.165, 1.54) is 25.8 Å². The fraction of sp³-hybridized carbons (Fsp3) is 0.786. The van der Waals surface area contributed by atoms with Crippen LogP contribution in [0.5, 0.6) is 0 Å². The van der Waals surface area contributed by atoms with Crippen LogP contribution in [-0.4, -0.2) is 46.3 Å². The summed E-state index contributed by atoms with van der Waals surface area (Å²) in [4.78, 5) is 18.6. The standard InChI is InChI=1S/C14H22N4O2S/c1-21-9-12-16-14(20-17-12)7-15-13(19)4-5-18-8-10-2-3-11(18)6-10/h10-11H,2-9H2,1H3,(H,15,19)/t10-,11+/m0/s1. The maximum atomic E-state index is 11.9. The molecule has 2 bridgehead atoms. The highest BCUT2D eigenvalue weighted by atomic mass is 32.2. The second-order valence-corrected chi connectivity index (χ2v) is 6.76. The summed E-state index contributed by atoms with van der Waals surface area (Å²) in [5.74, 6) is 2.83. The van der Waals surface area contributed by atoms with Crippen LogP contribution in [0.1, 0.15) is 37.4 Å². The average molecular weight is 310 g/mol. The fourth-order valence-corrected chi connectivity index (χ4v) is 3.73. The Morgan fingerprint density at radius 1 is 1.52 bits per heavy atom. The van der Waals surface area contributed by atoms with Gasteiger partial charge < -0.3 is 9.84 Å². The van der Waals surface area contributed by atoms with E-state index in [9.17, 15) is 4.79 Å². The molecule has 1 aliphatic carbocycles. The van der Waals surface area contributed by atoms with Crippen LogP contribution in [0.3, 0.4) is 0 Å². The third kappa shape index (κ3) is 3.77. The Labute approximate surface area is 129 Å². The molecule has 2 atom stereocenters. The highest BCUT2D eigenvalue weighted by Gasteiger charge is 2.37. The molecule has 0 unspecified atom stereocenters. The molecule has 0 radical (unpaired) electrons. The van der Waals surface area contributed by atoms with Gasteiger partial charge in [-0.25, -0.2) is 0 Å². The molecular formula is C14H22N4O2S. The third-order valence-corrected chi connectivity index (χ3v) is 4.92. The molecule has 1 aromatic rings. The molecule has 1 N–H and O–H groups in total. The van der Waals surface area contributed by atoms with Gasteiger partial charge in [0, 0.05) is 25.6 Å². The molecule has 1 aliphatic heterocycles. The molecule has 2 heterocycles. The smallest absolute Gasteiger partial charge is 0.246 e. The van der Waals surface area contributed by atoms with E-state index in [2.05, 4.69) is 20.4 Å². The third-order valence-electron chi connectivity index (χ3n) is 4.37. The molecular weight excluding hydrogens is 288 g/mol. The van der Waals surface area contributed by atoms with Crippen molar-refractivity contribution in [2.45, 2.75) is 44.0 Å². The van der Waals surface area contributed by atoms with Gasteiger partial charge in [-0.05, 0) is 31.4 Å². The zero-order chi connectivity index (χ0) is 14.7. The number of carbonyl (C=O) groups excluding carboxylic acids is 1. The minimum Gasteiger partial charge on any atom is -0.347 e. The molecule has 3 rings (SSSR count). The molecule has 116 valence electrons. The number of carbonyl (C=O) groups is 1. The predicted molar refractivity (Wildman–Crippen MR) is 80.7 cm³/mol. The maximum absolute atomic E-state index is 11.9. The summed E-state index contributed by atoms with van der Waals surface area (Å²) in [6, 6.07) is 0.729. The number of hydrogen-bond acceptors (Lipinski definition) is 6. The molecule has 6 nitrogen and oxygen atoms in total. The van der Waals surface area contributed by atoms with E-state index in [0.29, 0.717) is 24.7 Å². The van der Waals surface area contributed by atoms with Gasteiger partial charge >= 0.3 is 0 Å². The van der Waals surface area contributed by atoms with Crippen LogP contribution >= 0.6 is 11.8 Å². The molecule has 0 spiro atoms. The number of likely N-dealkylation sites (tertiary alicyclic amines) is 1. The molecule has 1 amide bonds.